The number of hydrazine groups is 3. The minimum Gasteiger partial charge on any atom is -0.177 e. The van der Waals surface area contributed by atoms with Gasteiger partial charge in [-0.2, -0.15) is 5.43 Å². The van der Waals surface area contributed by atoms with Gasteiger partial charge in [0, 0.05) is 14.6 Å². The standard InChI is InChI=1S/C16H16N4S3/c1-4-14(21-7-1)10-18-13-17-19(11-15-5-2-8-22-15)20(18)12-16-6-3-9-23-16/h1-9,13H,10-12H2/p+1. The molecule has 0 saturated heterocycles. The summed E-state index contributed by atoms with van der Waals surface area (Å²) >= 11 is 5.38. The lowest BCUT2D eigenvalue weighted by Gasteiger charge is -2.24. The molecule has 0 radical (unpaired) electrons. The molecule has 1 aliphatic heterocycles. The first kappa shape index (κ1) is 14.9. The minimum atomic E-state index is 0.862. The van der Waals surface area contributed by atoms with E-state index in [2.05, 4.69) is 79.2 Å². The van der Waals surface area contributed by atoms with Crippen LogP contribution in [0.3, 0.4) is 0 Å². The van der Waals surface area contributed by atoms with Crippen LogP contribution >= 0.6 is 34.0 Å². The third-order valence-electron chi connectivity index (χ3n) is 3.59. The van der Waals surface area contributed by atoms with Crippen LogP contribution in [0.1, 0.15) is 14.6 Å². The lowest BCUT2D eigenvalue weighted by Crippen LogP contribution is -2.45. The third-order valence-corrected chi connectivity index (χ3v) is 6.18. The van der Waals surface area contributed by atoms with E-state index in [-0.39, 0.29) is 0 Å². The second kappa shape index (κ2) is 6.84. The zero-order chi connectivity index (χ0) is 15.5. The van der Waals surface area contributed by atoms with Crippen molar-refractivity contribution >= 4 is 40.3 Å². The molecule has 3 aromatic rings. The lowest BCUT2D eigenvalue weighted by atomic mass is 10.4. The molecule has 0 bridgehead atoms. The van der Waals surface area contributed by atoms with E-state index in [4.69, 9.17) is 0 Å². The fraction of sp³-hybridized carbons (Fsp3) is 0.188. The molecular formula is C16H17N4S3+. The molecule has 4 heterocycles. The molecule has 1 aliphatic rings. The highest BCUT2D eigenvalue weighted by molar-refractivity contribution is 7.10. The van der Waals surface area contributed by atoms with Crippen LogP contribution in [0.15, 0.2) is 52.5 Å². The second-order valence-corrected chi connectivity index (χ2v) is 8.28. The molecule has 0 aromatic carbocycles. The Hall–Kier alpha value is -1.67. The van der Waals surface area contributed by atoms with Crippen molar-refractivity contribution in [3.63, 3.8) is 0 Å². The van der Waals surface area contributed by atoms with Crippen LogP contribution in [-0.2, 0) is 19.6 Å². The van der Waals surface area contributed by atoms with Crippen molar-refractivity contribution in [3.8, 4) is 0 Å². The molecule has 4 rings (SSSR count). The summed E-state index contributed by atoms with van der Waals surface area (Å²) in [5.41, 5.74) is 3.40. The first-order chi connectivity index (χ1) is 11.4. The summed E-state index contributed by atoms with van der Waals surface area (Å²) in [5.74, 6) is 0. The van der Waals surface area contributed by atoms with Crippen molar-refractivity contribution in [1.29, 1.82) is 0 Å². The van der Waals surface area contributed by atoms with Gasteiger partial charge in [0.2, 0.25) is 0 Å². The van der Waals surface area contributed by atoms with Crippen LogP contribution in [0, 0.1) is 0 Å². The van der Waals surface area contributed by atoms with Crippen LogP contribution in [0.4, 0.5) is 0 Å². The predicted octanol–water partition coefficient (Wildman–Crippen LogP) is 3.76. The van der Waals surface area contributed by atoms with Gasteiger partial charge in [0.05, 0.1) is 6.54 Å². The first-order valence-corrected chi connectivity index (χ1v) is 10.0. The number of hydrogen-bond donors (Lipinski definition) is 1. The molecule has 118 valence electrons. The van der Waals surface area contributed by atoms with Gasteiger partial charge >= 0.3 is 0 Å². The average Bonchev–Trinajstić information content (AvgIpc) is 3.33. The highest BCUT2D eigenvalue weighted by Gasteiger charge is 2.30. The Bertz CT molecular complexity index is 747. The zero-order valence-electron chi connectivity index (χ0n) is 12.5. The Labute approximate surface area is 147 Å². The average molecular weight is 362 g/mol. The van der Waals surface area contributed by atoms with E-state index < -0.39 is 0 Å². The summed E-state index contributed by atoms with van der Waals surface area (Å²) in [4.78, 5) is 4.06. The number of nitrogens with one attached hydrogen (secondary N) is 1. The van der Waals surface area contributed by atoms with Crippen LogP contribution in [0.25, 0.3) is 0 Å². The SMILES string of the molecule is C1=[N+](Cc2cccs2)N(Cc2cccs2)N(Cc2cccs2)N1. The highest BCUT2D eigenvalue weighted by atomic mass is 32.1. The topological polar surface area (TPSA) is 21.5 Å². The number of nitrogens with zero attached hydrogens (tertiary/aromatic N) is 3. The van der Waals surface area contributed by atoms with Gasteiger partial charge in [0.25, 0.3) is 6.34 Å². The molecule has 0 atom stereocenters. The normalized spacial score (nSPS) is 15.0. The van der Waals surface area contributed by atoms with Crippen molar-refractivity contribution < 1.29 is 4.68 Å². The van der Waals surface area contributed by atoms with E-state index >= 15 is 0 Å². The zero-order valence-corrected chi connectivity index (χ0v) is 14.9. The van der Waals surface area contributed by atoms with Crippen LogP contribution in [0.2, 0.25) is 0 Å². The first-order valence-electron chi connectivity index (χ1n) is 7.37. The third kappa shape index (κ3) is 3.48. The number of thiophene rings is 3. The van der Waals surface area contributed by atoms with Crippen molar-refractivity contribution in [1.82, 2.24) is 15.7 Å². The molecule has 3 aromatic heterocycles. The van der Waals surface area contributed by atoms with E-state index in [9.17, 15) is 0 Å². The van der Waals surface area contributed by atoms with Crippen molar-refractivity contribution in [3.05, 3.63) is 67.2 Å². The Morgan fingerprint density at radius 2 is 1.43 bits per heavy atom. The molecule has 0 fully saturated rings. The van der Waals surface area contributed by atoms with Gasteiger partial charge in [-0.1, -0.05) is 18.2 Å². The molecule has 0 unspecified atom stereocenters. The molecule has 7 heteroatoms. The van der Waals surface area contributed by atoms with E-state index in [1.165, 1.54) is 14.6 Å². The van der Waals surface area contributed by atoms with Gasteiger partial charge in [-0.15, -0.1) is 43.8 Å². The second-order valence-electron chi connectivity index (χ2n) is 5.18. The maximum Gasteiger partial charge on any atom is 0.277 e. The van der Waals surface area contributed by atoms with Crippen molar-refractivity contribution in [2.75, 3.05) is 0 Å². The van der Waals surface area contributed by atoms with Gasteiger partial charge < -0.3 is 0 Å². The van der Waals surface area contributed by atoms with Gasteiger partial charge in [-0.3, -0.25) is 0 Å². The quantitative estimate of drug-likeness (QED) is 0.676. The van der Waals surface area contributed by atoms with Gasteiger partial charge in [-0.25, -0.2) is 0 Å². The molecule has 0 aliphatic carbocycles. The smallest absolute Gasteiger partial charge is 0.177 e. The van der Waals surface area contributed by atoms with E-state index in [0.717, 1.165) is 19.6 Å². The summed E-state index contributed by atoms with van der Waals surface area (Å²) in [5, 5.41) is 10.9. The highest BCUT2D eigenvalue weighted by Crippen LogP contribution is 2.20. The van der Waals surface area contributed by atoms with E-state index in [1.54, 1.807) is 34.0 Å². The summed E-state index contributed by atoms with van der Waals surface area (Å²) in [6, 6.07) is 12.9. The summed E-state index contributed by atoms with van der Waals surface area (Å²) in [6.07, 6.45) is 2.06. The Morgan fingerprint density at radius 1 is 0.826 bits per heavy atom. The molecule has 1 N–H and O–H groups in total. The molecule has 23 heavy (non-hydrogen) atoms. The lowest BCUT2D eigenvalue weighted by molar-refractivity contribution is -0.730. The molecule has 0 spiro atoms. The van der Waals surface area contributed by atoms with Gasteiger partial charge in [0.15, 0.2) is 0 Å². The number of hydrogen-bond acceptors (Lipinski definition) is 6. The number of rotatable bonds is 6. The fourth-order valence-corrected chi connectivity index (χ4v) is 4.55. The largest absolute Gasteiger partial charge is 0.277 e. The monoisotopic (exact) mass is 361 g/mol. The van der Waals surface area contributed by atoms with Gasteiger partial charge in [0.1, 0.15) is 13.1 Å². The Kier molecular flexibility index (Phi) is 4.43. The maximum absolute atomic E-state index is 3.40. The van der Waals surface area contributed by atoms with E-state index in [1.807, 2.05) is 0 Å². The van der Waals surface area contributed by atoms with Crippen LogP contribution < -0.4 is 5.43 Å². The molecule has 4 nitrogen and oxygen atoms in total. The summed E-state index contributed by atoms with van der Waals surface area (Å²) < 4.78 is 2.25. The molecular weight excluding hydrogens is 344 g/mol. The van der Waals surface area contributed by atoms with Gasteiger partial charge in [-0.05, 0) is 39.5 Å². The van der Waals surface area contributed by atoms with E-state index in [0.29, 0.717) is 0 Å². The van der Waals surface area contributed by atoms with Crippen molar-refractivity contribution in [2.24, 2.45) is 0 Å². The number of hydrazone groups is 1. The van der Waals surface area contributed by atoms with Crippen molar-refractivity contribution in [2.45, 2.75) is 19.6 Å². The Morgan fingerprint density at radius 3 is 2.04 bits per heavy atom. The molecule has 0 saturated carbocycles. The molecule has 0 amide bonds. The minimum absolute atomic E-state index is 0.862. The van der Waals surface area contributed by atoms with Crippen LogP contribution in [0.5, 0.6) is 0 Å². The maximum atomic E-state index is 3.40. The Balaban J connectivity index is 1.52. The summed E-state index contributed by atoms with van der Waals surface area (Å²) in [7, 11) is 0. The predicted molar refractivity (Wildman–Crippen MR) is 97.2 cm³/mol. The van der Waals surface area contributed by atoms with Crippen LogP contribution in [-0.4, -0.2) is 21.3 Å². The fourth-order valence-electron chi connectivity index (χ4n) is 2.49. The summed E-state index contributed by atoms with van der Waals surface area (Å²) in [6.45, 7) is 2.62.